The Kier molecular flexibility index (Phi) is 3.53. The lowest BCUT2D eigenvalue weighted by Gasteiger charge is -2.34. The Labute approximate surface area is 79.7 Å². The molecule has 76 valence electrons. The van der Waals surface area contributed by atoms with Crippen molar-refractivity contribution in [3.8, 4) is 0 Å². The quantitative estimate of drug-likeness (QED) is 0.776. The van der Waals surface area contributed by atoms with Crippen molar-refractivity contribution >= 4 is 17.7 Å². The van der Waals surface area contributed by atoms with Gasteiger partial charge in [-0.1, -0.05) is 0 Å². The van der Waals surface area contributed by atoms with E-state index in [9.17, 15) is 13.6 Å². The minimum absolute atomic E-state index is 0.321. The van der Waals surface area contributed by atoms with Gasteiger partial charge in [-0.3, -0.25) is 4.79 Å². The molecular formula is C8H12F2O2S. The summed E-state index contributed by atoms with van der Waals surface area (Å²) < 4.78 is 25.3. The molecule has 0 aliphatic carbocycles. The molecule has 1 rings (SSSR count). The van der Waals surface area contributed by atoms with Crippen LogP contribution in [-0.4, -0.2) is 29.0 Å². The van der Waals surface area contributed by atoms with Crippen LogP contribution in [0.2, 0.25) is 0 Å². The first kappa shape index (κ1) is 10.8. The predicted octanol–water partition coefficient (Wildman–Crippen LogP) is 2.24. The van der Waals surface area contributed by atoms with Crippen molar-refractivity contribution in [3.05, 3.63) is 0 Å². The number of carboxylic acids is 1. The number of rotatable bonds is 3. The van der Waals surface area contributed by atoms with Crippen molar-refractivity contribution in [2.75, 3.05) is 11.5 Å². The van der Waals surface area contributed by atoms with Crippen LogP contribution < -0.4 is 0 Å². The number of thioether (sulfide) groups is 1. The van der Waals surface area contributed by atoms with Gasteiger partial charge in [0.25, 0.3) is 0 Å². The highest BCUT2D eigenvalue weighted by Gasteiger charge is 2.42. The molecular weight excluding hydrogens is 198 g/mol. The van der Waals surface area contributed by atoms with Crippen LogP contribution in [0.5, 0.6) is 0 Å². The molecule has 0 unspecified atom stereocenters. The Balaban J connectivity index is 2.67. The molecule has 0 spiro atoms. The van der Waals surface area contributed by atoms with E-state index in [1.807, 2.05) is 0 Å². The van der Waals surface area contributed by atoms with Gasteiger partial charge in [-0.25, -0.2) is 8.78 Å². The summed E-state index contributed by atoms with van der Waals surface area (Å²) in [6.07, 6.45) is -2.27. The summed E-state index contributed by atoms with van der Waals surface area (Å²) in [5, 5.41) is 8.54. The van der Waals surface area contributed by atoms with Crippen LogP contribution in [0, 0.1) is 5.41 Å². The van der Waals surface area contributed by atoms with Gasteiger partial charge >= 0.3 is 5.97 Å². The summed E-state index contributed by atoms with van der Waals surface area (Å²) in [7, 11) is 0. The highest BCUT2D eigenvalue weighted by Crippen LogP contribution is 2.42. The summed E-state index contributed by atoms with van der Waals surface area (Å²) in [6.45, 7) is 0. The molecule has 0 aromatic rings. The van der Waals surface area contributed by atoms with Crippen LogP contribution in [0.4, 0.5) is 8.78 Å². The Morgan fingerprint density at radius 3 is 2.38 bits per heavy atom. The van der Waals surface area contributed by atoms with Gasteiger partial charge in [0.05, 0.1) is 6.42 Å². The van der Waals surface area contributed by atoms with Crippen molar-refractivity contribution in [2.45, 2.75) is 25.7 Å². The standard InChI is InChI=1S/C8H12F2O2S/c9-7(10)8(5-6(11)12)1-3-13-4-2-8/h7H,1-5H2,(H,11,12). The first-order chi connectivity index (χ1) is 6.07. The van der Waals surface area contributed by atoms with Crippen molar-refractivity contribution in [1.82, 2.24) is 0 Å². The third-order valence-electron chi connectivity index (χ3n) is 2.45. The van der Waals surface area contributed by atoms with E-state index in [2.05, 4.69) is 0 Å². The topological polar surface area (TPSA) is 37.3 Å². The first-order valence-electron chi connectivity index (χ1n) is 4.14. The van der Waals surface area contributed by atoms with E-state index in [-0.39, 0.29) is 0 Å². The van der Waals surface area contributed by atoms with E-state index in [0.29, 0.717) is 24.3 Å². The van der Waals surface area contributed by atoms with Gasteiger partial charge in [0, 0.05) is 5.41 Å². The van der Waals surface area contributed by atoms with Crippen LogP contribution in [0.1, 0.15) is 19.3 Å². The maximum atomic E-state index is 12.7. The number of aliphatic carboxylic acids is 1. The molecule has 0 amide bonds. The number of hydrogen-bond acceptors (Lipinski definition) is 2. The molecule has 1 N–H and O–H groups in total. The Morgan fingerprint density at radius 2 is 2.00 bits per heavy atom. The molecule has 1 fully saturated rings. The summed E-state index contributed by atoms with van der Waals surface area (Å²) in [5.74, 6) is 0.182. The fourth-order valence-electron chi connectivity index (χ4n) is 1.55. The predicted molar refractivity (Wildman–Crippen MR) is 47.2 cm³/mol. The Hall–Kier alpha value is -0.320. The fourth-order valence-corrected chi connectivity index (χ4v) is 2.86. The molecule has 0 saturated carbocycles. The smallest absolute Gasteiger partial charge is 0.304 e. The molecule has 13 heavy (non-hydrogen) atoms. The number of hydrogen-bond donors (Lipinski definition) is 1. The zero-order valence-corrected chi connectivity index (χ0v) is 7.95. The Bertz CT molecular complexity index is 191. The lowest BCUT2D eigenvalue weighted by atomic mass is 9.79. The third kappa shape index (κ3) is 2.56. The van der Waals surface area contributed by atoms with Gasteiger partial charge in [-0.15, -0.1) is 0 Å². The molecule has 0 bridgehead atoms. The van der Waals surface area contributed by atoms with Crippen LogP contribution in [0.15, 0.2) is 0 Å². The first-order valence-corrected chi connectivity index (χ1v) is 5.30. The molecule has 1 heterocycles. The zero-order chi connectivity index (χ0) is 9.90. The summed E-state index contributed by atoms with van der Waals surface area (Å²) >= 11 is 1.62. The zero-order valence-electron chi connectivity index (χ0n) is 7.13. The largest absolute Gasteiger partial charge is 0.481 e. The van der Waals surface area contributed by atoms with Gasteiger partial charge in [-0.2, -0.15) is 11.8 Å². The van der Waals surface area contributed by atoms with Crippen molar-refractivity contribution in [2.24, 2.45) is 5.41 Å². The monoisotopic (exact) mass is 210 g/mol. The van der Waals surface area contributed by atoms with Gasteiger partial charge in [-0.05, 0) is 24.3 Å². The highest BCUT2D eigenvalue weighted by atomic mass is 32.2. The maximum absolute atomic E-state index is 12.7. The molecule has 5 heteroatoms. The molecule has 1 aliphatic rings. The normalized spacial score (nSPS) is 21.8. The van der Waals surface area contributed by atoms with E-state index >= 15 is 0 Å². The highest BCUT2D eigenvalue weighted by molar-refractivity contribution is 7.99. The van der Waals surface area contributed by atoms with Gasteiger partial charge in [0.1, 0.15) is 0 Å². The summed E-state index contributed by atoms with van der Waals surface area (Å²) in [6, 6.07) is 0. The van der Waals surface area contributed by atoms with Crippen molar-refractivity contribution in [1.29, 1.82) is 0 Å². The molecule has 0 atom stereocenters. The van der Waals surface area contributed by atoms with Crippen LogP contribution >= 0.6 is 11.8 Å². The van der Waals surface area contributed by atoms with Crippen LogP contribution in [0.25, 0.3) is 0 Å². The van der Waals surface area contributed by atoms with Crippen LogP contribution in [0.3, 0.4) is 0 Å². The van der Waals surface area contributed by atoms with Crippen molar-refractivity contribution < 1.29 is 18.7 Å². The summed E-state index contributed by atoms with van der Waals surface area (Å²) in [4.78, 5) is 10.4. The number of carbonyl (C=O) groups is 1. The number of alkyl halides is 2. The van der Waals surface area contributed by atoms with Gasteiger partial charge in [0.15, 0.2) is 0 Å². The summed E-state index contributed by atoms with van der Waals surface area (Å²) in [5.41, 5.74) is -1.25. The molecule has 0 aromatic heterocycles. The van der Waals surface area contributed by atoms with E-state index in [4.69, 9.17) is 5.11 Å². The molecule has 0 radical (unpaired) electrons. The average molecular weight is 210 g/mol. The van der Waals surface area contributed by atoms with Crippen LogP contribution in [-0.2, 0) is 4.79 Å². The van der Waals surface area contributed by atoms with E-state index in [1.54, 1.807) is 11.8 Å². The second-order valence-corrected chi connectivity index (χ2v) is 4.57. The van der Waals surface area contributed by atoms with E-state index in [0.717, 1.165) is 0 Å². The molecule has 1 aliphatic heterocycles. The Morgan fingerprint density at radius 1 is 1.46 bits per heavy atom. The second-order valence-electron chi connectivity index (χ2n) is 3.35. The second kappa shape index (κ2) is 4.26. The lowest BCUT2D eigenvalue weighted by Crippen LogP contribution is -2.36. The molecule has 0 aromatic carbocycles. The van der Waals surface area contributed by atoms with Gasteiger partial charge < -0.3 is 5.11 Å². The SMILES string of the molecule is O=C(O)CC1(C(F)F)CCSCC1. The minimum atomic E-state index is -2.51. The fraction of sp³-hybridized carbons (Fsp3) is 0.875. The molecule has 2 nitrogen and oxygen atoms in total. The van der Waals surface area contributed by atoms with Gasteiger partial charge in [0.2, 0.25) is 6.43 Å². The number of carboxylic acid groups (broad SMARTS) is 1. The van der Waals surface area contributed by atoms with Crippen molar-refractivity contribution in [3.63, 3.8) is 0 Å². The third-order valence-corrected chi connectivity index (χ3v) is 3.44. The average Bonchev–Trinajstić information content (AvgIpc) is 2.04. The molecule has 1 saturated heterocycles. The number of halogens is 2. The maximum Gasteiger partial charge on any atom is 0.304 e. The van der Waals surface area contributed by atoms with E-state index < -0.39 is 24.2 Å². The lowest BCUT2D eigenvalue weighted by molar-refractivity contribution is -0.143. The van der Waals surface area contributed by atoms with E-state index in [1.165, 1.54) is 0 Å². The minimum Gasteiger partial charge on any atom is -0.481 e.